The number of hydrogen-bond acceptors (Lipinski definition) is 3. The molecule has 1 atom stereocenters. The highest BCUT2D eigenvalue weighted by Gasteiger charge is 2.25. The molecular formula is C21H24BrClN2O2S. The highest BCUT2D eigenvalue weighted by atomic mass is 79.9. The second-order valence-electron chi connectivity index (χ2n) is 6.34. The molecule has 0 saturated heterocycles. The summed E-state index contributed by atoms with van der Waals surface area (Å²) >= 11 is 10.9. The van der Waals surface area contributed by atoms with Crippen molar-refractivity contribution in [1.29, 1.82) is 0 Å². The molecule has 28 heavy (non-hydrogen) atoms. The van der Waals surface area contributed by atoms with Crippen molar-refractivity contribution < 1.29 is 9.59 Å². The Bertz CT molecular complexity index is 801. The van der Waals surface area contributed by atoms with Crippen LogP contribution < -0.4 is 5.32 Å². The first-order chi connectivity index (χ1) is 13.4. The number of benzene rings is 2. The quantitative estimate of drug-likeness (QED) is 0.552. The van der Waals surface area contributed by atoms with Crippen LogP contribution in [0.2, 0.25) is 5.02 Å². The van der Waals surface area contributed by atoms with Crippen LogP contribution in [0.15, 0.2) is 53.0 Å². The lowest BCUT2D eigenvalue weighted by Gasteiger charge is -2.28. The Morgan fingerprint density at radius 1 is 1.18 bits per heavy atom. The first kappa shape index (κ1) is 22.8. The Labute approximate surface area is 184 Å². The van der Waals surface area contributed by atoms with Crippen molar-refractivity contribution in [3.05, 3.63) is 69.2 Å². The molecule has 0 saturated carbocycles. The van der Waals surface area contributed by atoms with E-state index in [1.165, 1.54) is 11.8 Å². The molecule has 2 aromatic rings. The van der Waals surface area contributed by atoms with Crippen molar-refractivity contribution in [2.75, 3.05) is 12.3 Å². The van der Waals surface area contributed by atoms with Gasteiger partial charge in [0.25, 0.3) is 0 Å². The Morgan fingerprint density at radius 3 is 2.54 bits per heavy atom. The Kier molecular flexibility index (Phi) is 9.35. The number of likely N-dealkylation sites (N-methyl/N-ethyl adjacent to an activating group) is 1. The van der Waals surface area contributed by atoms with Crippen molar-refractivity contribution in [3.8, 4) is 0 Å². The summed E-state index contributed by atoms with van der Waals surface area (Å²) in [5.74, 6) is 0.815. The zero-order valence-corrected chi connectivity index (χ0v) is 19.1. The predicted octanol–water partition coefficient (Wildman–Crippen LogP) is 4.89. The molecule has 150 valence electrons. The van der Waals surface area contributed by atoms with Crippen molar-refractivity contribution in [2.24, 2.45) is 0 Å². The van der Waals surface area contributed by atoms with Gasteiger partial charge in [-0.05, 0) is 49.2 Å². The van der Waals surface area contributed by atoms with Crippen LogP contribution >= 0.6 is 39.3 Å². The standard InChI is InChI=1S/C21H24BrClN2O2S/c1-3-24-21(27)15(2)25(12-17-5-4-6-18(22)11-17)20(26)14-28-13-16-7-9-19(23)10-8-16/h4-11,15H,3,12-14H2,1-2H3,(H,24,27). The molecule has 2 aromatic carbocycles. The minimum absolute atomic E-state index is 0.0577. The molecule has 0 fully saturated rings. The summed E-state index contributed by atoms with van der Waals surface area (Å²) in [6.45, 7) is 4.56. The summed E-state index contributed by atoms with van der Waals surface area (Å²) in [6.07, 6.45) is 0. The molecule has 0 radical (unpaired) electrons. The molecule has 1 N–H and O–H groups in total. The van der Waals surface area contributed by atoms with Gasteiger partial charge in [-0.1, -0.05) is 51.8 Å². The fraction of sp³-hybridized carbons (Fsp3) is 0.333. The fourth-order valence-corrected chi connectivity index (χ4v) is 4.10. The van der Waals surface area contributed by atoms with Gasteiger partial charge in [-0.2, -0.15) is 0 Å². The highest BCUT2D eigenvalue weighted by Crippen LogP contribution is 2.19. The maximum atomic E-state index is 12.9. The lowest BCUT2D eigenvalue weighted by atomic mass is 10.1. The molecule has 0 aromatic heterocycles. The third-order valence-electron chi connectivity index (χ3n) is 4.17. The summed E-state index contributed by atoms with van der Waals surface area (Å²) in [4.78, 5) is 26.9. The third-order valence-corrected chi connectivity index (χ3v) is 5.90. The number of rotatable bonds is 9. The van der Waals surface area contributed by atoms with Crippen LogP contribution in [-0.2, 0) is 21.9 Å². The van der Waals surface area contributed by atoms with E-state index in [4.69, 9.17) is 11.6 Å². The monoisotopic (exact) mass is 482 g/mol. The van der Waals surface area contributed by atoms with E-state index in [1.54, 1.807) is 11.8 Å². The van der Waals surface area contributed by atoms with E-state index in [0.29, 0.717) is 29.6 Å². The lowest BCUT2D eigenvalue weighted by Crippen LogP contribution is -2.48. The first-order valence-corrected chi connectivity index (χ1v) is 11.4. The van der Waals surface area contributed by atoms with Gasteiger partial charge < -0.3 is 10.2 Å². The Morgan fingerprint density at radius 2 is 1.89 bits per heavy atom. The van der Waals surface area contributed by atoms with Gasteiger partial charge in [0, 0.05) is 28.3 Å². The maximum Gasteiger partial charge on any atom is 0.242 e. The van der Waals surface area contributed by atoms with Crippen LogP contribution in [0, 0.1) is 0 Å². The zero-order valence-electron chi connectivity index (χ0n) is 16.0. The first-order valence-electron chi connectivity index (χ1n) is 9.04. The summed E-state index contributed by atoms with van der Waals surface area (Å²) < 4.78 is 0.945. The van der Waals surface area contributed by atoms with Crippen molar-refractivity contribution >= 4 is 51.1 Å². The van der Waals surface area contributed by atoms with Crippen LogP contribution in [0.5, 0.6) is 0 Å². The number of carbonyl (C=O) groups excluding carboxylic acids is 2. The topological polar surface area (TPSA) is 49.4 Å². The SMILES string of the molecule is CCNC(=O)C(C)N(Cc1cccc(Br)c1)C(=O)CSCc1ccc(Cl)cc1. The molecule has 2 amide bonds. The van der Waals surface area contributed by atoms with E-state index in [-0.39, 0.29) is 11.8 Å². The lowest BCUT2D eigenvalue weighted by molar-refractivity contribution is -0.138. The molecule has 7 heteroatoms. The van der Waals surface area contributed by atoms with E-state index in [2.05, 4.69) is 21.2 Å². The average Bonchev–Trinajstić information content (AvgIpc) is 2.67. The van der Waals surface area contributed by atoms with Gasteiger partial charge in [0.1, 0.15) is 6.04 Å². The van der Waals surface area contributed by atoms with E-state index in [0.717, 1.165) is 15.6 Å². The molecule has 0 aliphatic rings. The molecular weight excluding hydrogens is 460 g/mol. The van der Waals surface area contributed by atoms with Crippen LogP contribution in [-0.4, -0.2) is 35.1 Å². The zero-order chi connectivity index (χ0) is 20.5. The number of nitrogens with one attached hydrogen (secondary N) is 1. The van der Waals surface area contributed by atoms with Gasteiger partial charge in [-0.15, -0.1) is 11.8 Å². The van der Waals surface area contributed by atoms with Crippen LogP contribution in [0.4, 0.5) is 0 Å². The second-order valence-corrected chi connectivity index (χ2v) is 8.68. The number of thioether (sulfide) groups is 1. The molecule has 4 nitrogen and oxygen atoms in total. The van der Waals surface area contributed by atoms with Crippen molar-refractivity contribution in [3.63, 3.8) is 0 Å². The molecule has 0 spiro atoms. The van der Waals surface area contributed by atoms with E-state index < -0.39 is 6.04 Å². The smallest absolute Gasteiger partial charge is 0.242 e. The third kappa shape index (κ3) is 7.15. The van der Waals surface area contributed by atoms with E-state index >= 15 is 0 Å². The van der Waals surface area contributed by atoms with Gasteiger partial charge in [0.2, 0.25) is 11.8 Å². The normalized spacial score (nSPS) is 11.7. The molecule has 2 rings (SSSR count). The molecule has 0 bridgehead atoms. The molecule has 1 unspecified atom stereocenters. The summed E-state index contributed by atoms with van der Waals surface area (Å²) in [5.41, 5.74) is 2.08. The number of amides is 2. The maximum absolute atomic E-state index is 12.9. The minimum Gasteiger partial charge on any atom is -0.355 e. The summed E-state index contributed by atoms with van der Waals surface area (Å²) in [7, 11) is 0. The number of carbonyl (C=O) groups is 2. The van der Waals surface area contributed by atoms with E-state index in [9.17, 15) is 9.59 Å². The molecule has 0 heterocycles. The fourth-order valence-electron chi connectivity index (χ4n) is 2.66. The van der Waals surface area contributed by atoms with Gasteiger partial charge in [0.05, 0.1) is 5.75 Å². The number of halogens is 2. The van der Waals surface area contributed by atoms with E-state index in [1.807, 2.05) is 55.5 Å². The number of hydrogen-bond donors (Lipinski definition) is 1. The van der Waals surface area contributed by atoms with Crippen molar-refractivity contribution in [1.82, 2.24) is 10.2 Å². The van der Waals surface area contributed by atoms with Crippen LogP contribution in [0.25, 0.3) is 0 Å². The van der Waals surface area contributed by atoms with Gasteiger partial charge in [-0.25, -0.2) is 0 Å². The van der Waals surface area contributed by atoms with Gasteiger partial charge >= 0.3 is 0 Å². The van der Waals surface area contributed by atoms with Crippen molar-refractivity contribution in [2.45, 2.75) is 32.2 Å². The number of nitrogens with zero attached hydrogens (tertiary/aromatic N) is 1. The minimum atomic E-state index is -0.539. The second kappa shape index (κ2) is 11.5. The summed E-state index contributed by atoms with van der Waals surface area (Å²) in [6, 6.07) is 14.8. The highest BCUT2D eigenvalue weighted by molar-refractivity contribution is 9.10. The Hall–Kier alpha value is -1.50. The summed E-state index contributed by atoms with van der Waals surface area (Å²) in [5, 5.41) is 3.50. The van der Waals surface area contributed by atoms with Crippen LogP contribution in [0.1, 0.15) is 25.0 Å². The molecule has 0 aliphatic carbocycles. The molecule has 0 aliphatic heterocycles. The Balaban J connectivity index is 2.04. The van der Waals surface area contributed by atoms with Gasteiger partial charge in [0.15, 0.2) is 0 Å². The van der Waals surface area contributed by atoms with Crippen LogP contribution in [0.3, 0.4) is 0 Å². The average molecular weight is 484 g/mol. The van der Waals surface area contributed by atoms with Gasteiger partial charge in [-0.3, -0.25) is 9.59 Å². The predicted molar refractivity (Wildman–Crippen MR) is 120 cm³/mol. The largest absolute Gasteiger partial charge is 0.355 e.